The van der Waals surface area contributed by atoms with E-state index in [0.717, 1.165) is 38.2 Å². The Morgan fingerprint density at radius 2 is 1.86 bits per heavy atom. The highest BCUT2D eigenvalue weighted by Crippen LogP contribution is 2.10. The van der Waals surface area contributed by atoms with Gasteiger partial charge < -0.3 is 10.2 Å². The minimum Gasteiger partial charge on any atom is -0.354 e. The predicted molar refractivity (Wildman–Crippen MR) is 89.0 cm³/mol. The molecule has 2 rings (SSSR count). The number of aromatic amines is 1. The van der Waals surface area contributed by atoms with Gasteiger partial charge in [0.05, 0.1) is 0 Å². The van der Waals surface area contributed by atoms with Crippen molar-refractivity contribution in [3.63, 3.8) is 0 Å². The van der Waals surface area contributed by atoms with Crippen LogP contribution in [0.2, 0.25) is 0 Å². The molecule has 0 aliphatic rings. The molecule has 1 heterocycles. The molecular weight excluding hydrogens is 278 g/mol. The van der Waals surface area contributed by atoms with Crippen LogP contribution in [0.25, 0.3) is 11.3 Å². The van der Waals surface area contributed by atoms with Gasteiger partial charge in [0.1, 0.15) is 0 Å². The summed E-state index contributed by atoms with van der Waals surface area (Å²) in [4.78, 5) is 17.2. The van der Waals surface area contributed by atoms with E-state index in [-0.39, 0.29) is 5.56 Å². The van der Waals surface area contributed by atoms with Crippen molar-refractivity contribution in [1.82, 2.24) is 20.1 Å². The van der Waals surface area contributed by atoms with Gasteiger partial charge in [0.25, 0.3) is 5.56 Å². The number of benzene rings is 1. The molecule has 118 valence electrons. The fraction of sp³-hybridized carbons (Fsp3) is 0.438. The maximum atomic E-state index is 12.1. The highest BCUT2D eigenvalue weighted by Gasteiger charge is 2.06. The largest absolute Gasteiger partial charge is 0.354 e. The Hall–Kier alpha value is -2.21. The Morgan fingerprint density at radius 3 is 2.50 bits per heavy atom. The zero-order chi connectivity index (χ0) is 15.8. The SMILES string of the molecule is CCN(CC)CCCNc1nnc(-c2ccccc2)c(=O)[nH]1. The quantitative estimate of drug-likeness (QED) is 0.729. The van der Waals surface area contributed by atoms with E-state index >= 15 is 0 Å². The van der Waals surface area contributed by atoms with E-state index in [1.165, 1.54) is 0 Å². The predicted octanol–water partition coefficient (Wildman–Crippen LogP) is 1.98. The zero-order valence-electron chi connectivity index (χ0n) is 13.2. The van der Waals surface area contributed by atoms with Crippen molar-refractivity contribution in [2.45, 2.75) is 20.3 Å². The molecule has 0 saturated heterocycles. The van der Waals surface area contributed by atoms with E-state index in [0.29, 0.717) is 11.6 Å². The first kappa shape index (κ1) is 16.2. The fourth-order valence-corrected chi connectivity index (χ4v) is 2.25. The molecule has 0 spiro atoms. The second kappa shape index (κ2) is 8.29. The summed E-state index contributed by atoms with van der Waals surface area (Å²) in [6, 6.07) is 9.33. The lowest BCUT2D eigenvalue weighted by molar-refractivity contribution is 0.303. The zero-order valence-corrected chi connectivity index (χ0v) is 13.2. The molecule has 6 heteroatoms. The average molecular weight is 301 g/mol. The van der Waals surface area contributed by atoms with Crippen molar-refractivity contribution in [2.75, 3.05) is 31.5 Å². The van der Waals surface area contributed by atoms with E-state index in [9.17, 15) is 4.79 Å². The minimum absolute atomic E-state index is 0.229. The molecule has 1 aromatic heterocycles. The van der Waals surface area contributed by atoms with Crippen molar-refractivity contribution >= 4 is 5.95 Å². The third kappa shape index (κ3) is 4.39. The van der Waals surface area contributed by atoms with Crippen molar-refractivity contribution in [1.29, 1.82) is 0 Å². The number of H-pyrrole nitrogens is 1. The smallest absolute Gasteiger partial charge is 0.279 e. The number of aromatic nitrogens is 3. The van der Waals surface area contributed by atoms with Gasteiger partial charge in [-0.25, -0.2) is 0 Å². The van der Waals surface area contributed by atoms with Gasteiger partial charge in [-0.05, 0) is 26.1 Å². The van der Waals surface area contributed by atoms with E-state index in [2.05, 4.69) is 39.2 Å². The van der Waals surface area contributed by atoms with Crippen LogP contribution < -0.4 is 10.9 Å². The van der Waals surface area contributed by atoms with Gasteiger partial charge in [0.15, 0.2) is 5.69 Å². The van der Waals surface area contributed by atoms with Crippen LogP contribution in [0.5, 0.6) is 0 Å². The molecule has 0 fully saturated rings. The normalized spacial score (nSPS) is 10.9. The number of hydrogen-bond donors (Lipinski definition) is 2. The second-order valence-electron chi connectivity index (χ2n) is 5.02. The molecule has 0 aliphatic carbocycles. The summed E-state index contributed by atoms with van der Waals surface area (Å²) in [6.45, 7) is 8.20. The van der Waals surface area contributed by atoms with Crippen LogP contribution in [0, 0.1) is 0 Å². The molecule has 1 aromatic carbocycles. The Labute approximate surface area is 130 Å². The first-order chi connectivity index (χ1) is 10.7. The van der Waals surface area contributed by atoms with Crippen LogP contribution in [-0.2, 0) is 0 Å². The van der Waals surface area contributed by atoms with Gasteiger partial charge in [-0.15, -0.1) is 10.2 Å². The average Bonchev–Trinajstić information content (AvgIpc) is 2.56. The van der Waals surface area contributed by atoms with E-state index in [1.807, 2.05) is 30.3 Å². The first-order valence-corrected chi connectivity index (χ1v) is 7.73. The standard InChI is InChI=1S/C16H23N5O/c1-3-21(4-2)12-8-11-17-16-18-15(22)14(19-20-16)13-9-6-5-7-10-13/h5-7,9-10H,3-4,8,11-12H2,1-2H3,(H2,17,18,20,22). The monoisotopic (exact) mass is 301 g/mol. The van der Waals surface area contributed by atoms with Gasteiger partial charge in [0.2, 0.25) is 5.95 Å². The van der Waals surface area contributed by atoms with Gasteiger partial charge in [-0.3, -0.25) is 9.78 Å². The maximum absolute atomic E-state index is 12.1. The number of nitrogens with one attached hydrogen (secondary N) is 2. The van der Waals surface area contributed by atoms with Crippen molar-refractivity contribution in [3.05, 3.63) is 40.7 Å². The van der Waals surface area contributed by atoms with Crippen LogP contribution in [0.4, 0.5) is 5.95 Å². The molecule has 0 aliphatic heterocycles. The Bertz CT molecular complexity index is 622. The molecule has 0 radical (unpaired) electrons. The van der Waals surface area contributed by atoms with Crippen molar-refractivity contribution < 1.29 is 0 Å². The first-order valence-electron chi connectivity index (χ1n) is 7.73. The summed E-state index contributed by atoms with van der Waals surface area (Å²) in [5.74, 6) is 0.421. The van der Waals surface area contributed by atoms with Crippen LogP contribution in [0.3, 0.4) is 0 Å². The van der Waals surface area contributed by atoms with E-state index in [1.54, 1.807) is 0 Å². The molecule has 0 amide bonds. The van der Waals surface area contributed by atoms with Gasteiger partial charge in [-0.1, -0.05) is 44.2 Å². The highest BCUT2D eigenvalue weighted by molar-refractivity contribution is 5.57. The highest BCUT2D eigenvalue weighted by atomic mass is 16.1. The van der Waals surface area contributed by atoms with Crippen LogP contribution in [0.15, 0.2) is 35.1 Å². The second-order valence-corrected chi connectivity index (χ2v) is 5.02. The molecule has 0 saturated carbocycles. The molecule has 0 atom stereocenters. The van der Waals surface area contributed by atoms with Crippen molar-refractivity contribution in [3.8, 4) is 11.3 Å². The topological polar surface area (TPSA) is 73.9 Å². The lowest BCUT2D eigenvalue weighted by Gasteiger charge is -2.17. The summed E-state index contributed by atoms with van der Waals surface area (Å²) >= 11 is 0. The third-order valence-electron chi connectivity index (χ3n) is 3.58. The molecular formula is C16H23N5O. The molecule has 2 N–H and O–H groups in total. The molecule has 22 heavy (non-hydrogen) atoms. The summed E-state index contributed by atoms with van der Waals surface area (Å²) in [5, 5.41) is 11.2. The lowest BCUT2D eigenvalue weighted by Crippen LogP contribution is -2.26. The summed E-state index contributed by atoms with van der Waals surface area (Å²) in [5.41, 5.74) is 0.881. The molecule has 0 unspecified atom stereocenters. The Balaban J connectivity index is 1.92. The van der Waals surface area contributed by atoms with E-state index < -0.39 is 0 Å². The Kier molecular flexibility index (Phi) is 6.09. The van der Waals surface area contributed by atoms with Crippen LogP contribution >= 0.6 is 0 Å². The molecule has 2 aromatic rings. The van der Waals surface area contributed by atoms with Gasteiger partial charge >= 0.3 is 0 Å². The lowest BCUT2D eigenvalue weighted by atomic mass is 10.2. The minimum atomic E-state index is -0.229. The van der Waals surface area contributed by atoms with Gasteiger partial charge in [-0.2, -0.15) is 0 Å². The maximum Gasteiger partial charge on any atom is 0.279 e. The molecule has 6 nitrogen and oxygen atoms in total. The third-order valence-corrected chi connectivity index (χ3v) is 3.58. The number of rotatable bonds is 8. The Morgan fingerprint density at radius 1 is 1.14 bits per heavy atom. The summed E-state index contributed by atoms with van der Waals surface area (Å²) < 4.78 is 0. The van der Waals surface area contributed by atoms with Crippen LogP contribution in [0.1, 0.15) is 20.3 Å². The van der Waals surface area contributed by atoms with Gasteiger partial charge in [0, 0.05) is 12.1 Å². The summed E-state index contributed by atoms with van der Waals surface area (Å²) in [7, 11) is 0. The van der Waals surface area contributed by atoms with Crippen molar-refractivity contribution in [2.24, 2.45) is 0 Å². The fourth-order valence-electron chi connectivity index (χ4n) is 2.25. The van der Waals surface area contributed by atoms with E-state index in [4.69, 9.17) is 0 Å². The molecule has 0 bridgehead atoms. The van der Waals surface area contributed by atoms with Crippen LogP contribution in [-0.4, -0.2) is 46.3 Å². The summed E-state index contributed by atoms with van der Waals surface area (Å²) in [6.07, 6.45) is 0.992. The number of hydrogen-bond acceptors (Lipinski definition) is 5. The number of nitrogens with zero attached hydrogens (tertiary/aromatic N) is 3. The number of anilines is 1.